The molecule has 10 N–H and O–H groups in total. The Labute approximate surface area is 508 Å². The standard InChI is InChI=1S/C56H69N23O10/c1-71(2)19-12-16-57-43(80)14-17-60-49(82)36-22-33(26-73(36)4)62-51(84)38-24-35(28-75(38)6)64-52(85)39-23-34(27-76(39)7)63-50(83)37-21-32(25-74(37)5)61-44(81)13-11-15-59-53(86)46-65-40(29-77(46)8)69-55(88)48-67-42(31-79(48)10)70-56(89)47-66-41(30-78(47)9)68-54(87)45-58-18-20-72(45)3/h18,20-31H,11-17,19H2,1-10H3,(H,57,80)(H,59,86)(H,60,82)(H,61,81)(H,62,84)(H,63,83)(H,64,85)(H,68,87)(H,69,88)(H,70,89). The molecule has 0 saturated heterocycles. The van der Waals surface area contributed by atoms with E-state index >= 15 is 0 Å². The van der Waals surface area contributed by atoms with E-state index in [0.29, 0.717) is 29.3 Å². The van der Waals surface area contributed by atoms with Crippen LogP contribution in [0.5, 0.6) is 0 Å². The average Bonchev–Trinajstić information content (AvgIpc) is 2.77. The van der Waals surface area contributed by atoms with Gasteiger partial charge in [-0.1, -0.05) is 0 Å². The van der Waals surface area contributed by atoms with Crippen molar-refractivity contribution < 1.29 is 47.9 Å². The summed E-state index contributed by atoms with van der Waals surface area (Å²) in [5, 5.41) is 27.1. The highest BCUT2D eigenvalue weighted by molar-refractivity contribution is 6.10. The third-order valence-corrected chi connectivity index (χ3v) is 13.6. The maximum atomic E-state index is 13.5. The highest BCUT2D eigenvalue weighted by atomic mass is 16.2. The first-order chi connectivity index (χ1) is 42.3. The molecule has 0 aromatic carbocycles. The largest absolute Gasteiger partial charge is 0.356 e. The molecule has 0 fully saturated rings. The van der Waals surface area contributed by atoms with Crippen LogP contribution >= 0.6 is 0 Å². The zero-order valence-corrected chi connectivity index (χ0v) is 50.6. The molecular formula is C56H69N23O10. The zero-order valence-electron chi connectivity index (χ0n) is 50.6. The van der Waals surface area contributed by atoms with Crippen molar-refractivity contribution in [3.8, 4) is 0 Å². The SMILES string of the molecule is CN(C)CCCNC(=O)CCNC(=O)c1cc(NC(=O)c2cc(NC(=O)c3cc(NC(=O)c4cc(NC(=O)CCCNC(=O)c5nc(NC(=O)c6nc(NC(=O)c7nc(NC(=O)c8nccn8C)cn7C)cn6C)cn5C)cn4C)cn3C)cn2C)cn1C. The van der Waals surface area contributed by atoms with E-state index in [0.717, 1.165) is 13.0 Å². The van der Waals surface area contributed by atoms with Crippen LogP contribution in [-0.4, -0.2) is 161 Å². The second-order valence-electron chi connectivity index (χ2n) is 21.1. The first-order valence-corrected chi connectivity index (χ1v) is 27.7. The number of nitrogens with one attached hydrogen (secondary N) is 10. The first-order valence-electron chi connectivity index (χ1n) is 27.7. The summed E-state index contributed by atoms with van der Waals surface area (Å²) in [6, 6.07) is 5.97. The van der Waals surface area contributed by atoms with E-state index < -0.39 is 47.3 Å². The Hall–Kier alpha value is -11.4. The molecule has 0 atom stereocenters. The summed E-state index contributed by atoms with van der Waals surface area (Å²) in [6.45, 7) is 1.61. The molecule has 8 rings (SSSR count). The topological polar surface area (TPSA) is 385 Å². The van der Waals surface area contributed by atoms with Crippen LogP contribution in [0.4, 0.5) is 40.2 Å². The molecule has 0 unspecified atom stereocenters. The molecular weight excluding hydrogens is 1150 g/mol. The Morgan fingerprint density at radius 1 is 0.371 bits per heavy atom. The van der Waals surface area contributed by atoms with Crippen molar-refractivity contribution in [2.24, 2.45) is 56.4 Å². The minimum absolute atomic E-state index is 0.00352. The Kier molecular flexibility index (Phi) is 19.9. The Balaban J connectivity index is 0.747. The molecule has 89 heavy (non-hydrogen) atoms. The van der Waals surface area contributed by atoms with Crippen LogP contribution in [0.2, 0.25) is 0 Å². The number of aromatic nitrogens is 12. The van der Waals surface area contributed by atoms with Gasteiger partial charge in [0, 0.05) is 145 Å². The molecule has 0 aliphatic heterocycles. The van der Waals surface area contributed by atoms with Gasteiger partial charge in [-0.2, -0.15) is 0 Å². The van der Waals surface area contributed by atoms with Crippen molar-refractivity contribution in [1.29, 1.82) is 0 Å². The second-order valence-corrected chi connectivity index (χ2v) is 21.1. The van der Waals surface area contributed by atoms with Gasteiger partial charge in [-0.15, -0.1) is 0 Å². The van der Waals surface area contributed by atoms with E-state index in [1.165, 1.54) is 81.0 Å². The van der Waals surface area contributed by atoms with Crippen molar-refractivity contribution in [3.63, 3.8) is 0 Å². The summed E-state index contributed by atoms with van der Waals surface area (Å²) in [7, 11) is 16.8. The number of nitrogens with zero attached hydrogens (tertiary/aromatic N) is 13. The Morgan fingerprint density at radius 3 is 1.17 bits per heavy atom. The molecule has 0 aliphatic carbocycles. The average molecular weight is 1220 g/mol. The summed E-state index contributed by atoms with van der Waals surface area (Å²) in [4.78, 5) is 149. The van der Waals surface area contributed by atoms with Crippen LogP contribution in [-0.2, 0) is 66.0 Å². The minimum Gasteiger partial charge on any atom is -0.356 e. The molecule has 8 aromatic rings. The van der Waals surface area contributed by atoms with Crippen molar-refractivity contribution in [2.45, 2.75) is 25.7 Å². The van der Waals surface area contributed by atoms with Crippen molar-refractivity contribution >= 4 is 99.3 Å². The lowest BCUT2D eigenvalue weighted by molar-refractivity contribution is -0.121. The molecule has 0 saturated carbocycles. The number of anilines is 7. The quantitative estimate of drug-likeness (QED) is 0.0346. The number of amides is 10. The maximum absolute atomic E-state index is 13.5. The van der Waals surface area contributed by atoms with Crippen LogP contribution in [0.1, 0.15) is 110 Å². The number of hydrogen-bond acceptors (Lipinski definition) is 15. The Morgan fingerprint density at radius 2 is 0.753 bits per heavy atom. The number of carbonyl (C=O) groups is 10. The number of carbonyl (C=O) groups excluding carboxylic acids is 10. The van der Waals surface area contributed by atoms with Crippen molar-refractivity contribution in [3.05, 3.63) is 126 Å². The monoisotopic (exact) mass is 1220 g/mol. The van der Waals surface area contributed by atoms with Gasteiger partial charge in [0.1, 0.15) is 22.8 Å². The fourth-order valence-electron chi connectivity index (χ4n) is 9.18. The predicted octanol–water partition coefficient (Wildman–Crippen LogP) is 1.82. The van der Waals surface area contributed by atoms with Gasteiger partial charge in [0.15, 0.2) is 23.3 Å². The third kappa shape index (κ3) is 16.1. The van der Waals surface area contributed by atoms with Gasteiger partial charge in [-0.25, -0.2) is 19.9 Å². The third-order valence-electron chi connectivity index (χ3n) is 13.6. The lowest BCUT2D eigenvalue weighted by Crippen LogP contribution is -2.32. The van der Waals surface area contributed by atoms with Crippen LogP contribution in [0, 0.1) is 0 Å². The molecule has 8 heterocycles. The summed E-state index contributed by atoms with van der Waals surface area (Å²) in [5.74, 6) is -4.85. The molecule has 0 bridgehead atoms. The van der Waals surface area contributed by atoms with Crippen molar-refractivity contribution in [1.82, 2.24) is 77.3 Å². The molecule has 0 spiro atoms. The normalized spacial score (nSPS) is 11.0. The summed E-state index contributed by atoms with van der Waals surface area (Å²) in [5.41, 5.74) is 2.15. The molecule has 0 aliphatic rings. The highest BCUT2D eigenvalue weighted by Gasteiger charge is 2.24. The minimum atomic E-state index is -0.694. The second kappa shape index (κ2) is 27.8. The van der Waals surface area contributed by atoms with E-state index in [1.807, 2.05) is 19.0 Å². The number of imidazole rings is 4. The van der Waals surface area contributed by atoms with E-state index in [1.54, 1.807) is 91.9 Å². The molecule has 10 amide bonds. The van der Waals surface area contributed by atoms with E-state index in [-0.39, 0.29) is 108 Å². The number of rotatable bonds is 26. The van der Waals surface area contributed by atoms with Crippen LogP contribution < -0.4 is 53.2 Å². The van der Waals surface area contributed by atoms with Crippen molar-refractivity contribution in [2.75, 3.05) is 77.5 Å². The highest BCUT2D eigenvalue weighted by Crippen LogP contribution is 2.22. The van der Waals surface area contributed by atoms with Gasteiger partial charge in [0.25, 0.3) is 47.3 Å². The lowest BCUT2D eigenvalue weighted by atomic mass is 10.3. The van der Waals surface area contributed by atoms with Crippen LogP contribution in [0.3, 0.4) is 0 Å². The fourth-order valence-corrected chi connectivity index (χ4v) is 9.18. The molecule has 0 radical (unpaired) electrons. The summed E-state index contributed by atoms with van der Waals surface area (Å²) in [6.07, 6.45) is 14.8. The molecule has 8 aromatic heterocycles. The van der Waals surface area contributed by atoms with Gasteiger partial charge >= 0.3 is 0 Å². The first kappa shape index (κ1) is 63.6. The fraction of sp³-hybridized carbons (Fsp3) is 0.321. The Bertz CT molecular complexity index is 4020. The zero-order chi connectivity index (χ0) is 64.4. The predicted molar refractivity (Wildman–Crippen MR) is 326 cm³/mol. The van der Waals surface area contributed by atoms with E-state index in [9.17, 15) is 47.9 Å². The molecule has 468 valence electrons. The van der Waals surface area contributed by atoms with E-state index in [2.05, 4.69) is 73.1 Å². The van der Waals surface area contributed by atoms with Gasteiger partial charge in [0.05, 0.1) is 22.7 Å². The van der Waals surface area contributed by atoms with E-state index in [4.69, 9.17) is 0 Å². The van der Waals surface area contributed by atoms with Gasteiger partial charge in [-0.05, 0) is 57.7 Å². The summed E-state index contributed by atoms with van der Waals surface area (Å²) < 4.78 is 11.8. The molecule has 33 nitrogen and oxygen atoms in total. The number of hydrogen-bond donors (Lipinski definition) is 10. The van der Waals surface area contributed by atoms with Crippen LogP contribution in [0.15, 0.2) is 80.0 Å². The van der Waals surface area contributed by atoms with Gasteiger partial charge in [0.2, 0.25) is 29.3 Å². The van der Waals surface area contributed by atoms with Gasteiger partial charge < -0.3 is 94.6 Å². The lowest BCUT2D eigenvalue weighted by Gasteiger charge is -2.10. The summed E-state index contributed by atoms with van der Waals surface area (Å²) >= 11 is 0. The van der Waals surface area contributed by atoms with Crippen LogP contribution in [0.25, 0.3) is 0 Å². The molecule has 33 heteroatoms. The number of aryl methyl sites for hydroxylation is 8. The maximum Gasteiger partial charge on any atom is 0.292 e. The smallest absolute Gasteiger partial charge is 0.292 e. The van der Waals surface area contributed by atoms with Gasteiger partial charge in [-0.3, -0.25) is 47.9 Å².